The molecule has 2 aliphatic carbocycles. The molecule has 0 aromatic carbocycles. The van der Waals surface area contributed by atoms with Gasteiger partial charge in [0.1, 0.15) is 0 Å². The fourth-order valence-electron chi connectivity index (χ4n) is 3.07. The Hall–Kier alpha value is -0.520. The lowest BCUT2D eigenvalue weighted by atomic mass is 9.87. The van der Waals surface area contributed by atoms with E-state index in [1.54, 1.807) is 5.57 Å². The van der Waals surface area contributed by atoms with Crippen LogP contribution in [-0.4, -0.2) is 0 Å². The second-order valence-corrected chi connectivity index (χ2v) is 4.77. The van der Waals surface area contributed by atoms with E-state index in [0.717, 1.165) is 11.8 Å². The summed E-state index contributed by atoms with van der Waals surface area (Å²) in [5.41, 5.74) is 1.75. The van der Waals surface area contributed by atoms with Gasteiger partial charge in [-0.1, -0.05) is 43.6 Å². The minimum atomic E-state index is 0.933. The van der Waals surface area contributed by atoms with E-state index in [4.69, 9.17) is 0 Å². The molecular weight excluding hydrogens is 168 g/mol. The molecule has 0 aliphatic heterocycles. The standard InChI is InChI=1S/C14H22/c1-2-12-10-11-13-8-6-4-3-5-7-9-14(12)13/h4,6,8,12,14H,2-3,5,7,9-11H2,1H3/b6-4-,13-8-. The van der Waals surface area contributed by atoms with Crippen LogP contribution in [0.4, 0.5) is 0 Å². The van der Waals surface area contributed by atoms with Crippen molar-refractivity contribution in [3.63, 3.8) is 0 Å². The van der Waals surface area contributed by atoms with Crippen molar-refractivity contribution in [2.75, 3.05) is 0 Å². The first-order chi connectivity index (χ1) is 6.92. The van der Waals surface area contributed by atoms with Crippen molar-refractivity contribution < 1.29 is 0 Å². The minimum absolute atomic E-state index is 0.933. The molecule has 1 saturated carbocycles. The van der Waals surface area contributed by atoms with Crippen molar-refractivity contribution in [2.24, 2.45) is 11.8 Å². The number of hydrogen-bond donors (Lipinski definition) is 0. The Balaban J connectivity index is 2.11. The van der Waals surface area contributed by atoms with Crippen LogP contribution in [0.25, 0.3) is 0 Å². The zero-order chi connectivity index (χ0) is 9.80. The molecule has 78 valence electrons. The van der Waals surface area contributed by atoms with Crippen LogP contribution < -0.4 is 0 Å². The Morgan fingerprint density at radius 3 is 3.07 bits per heavy atom. The van der Waals surface area contributed by atoms with Crippen molar-refractivity contribution in [2.45, 2.75) is 51.9 Å². The molecule has 0 bridgehead atoms. The highest BCUT2D eigenvalue weighted by Crippen LogP contribution is 2.41. The predicted octanol–water partition coefficient (Wildman–Crippen LogP) is 4.48. The molecule has 14 heavy (non-hydrogen) atoms. The molecule has 0 radical (unpaired) electrons. The summed E-state index contributed by atoms with van der Waals surface area (Å²) in [7, 11) is 0. The lowest BCUT2D eigenvalue weighted by molar-refractivity contribution is 0.377. The van der Waals surface area contributed by atoms with Crippen LogP contribution in [0.1, 0.15) is 51.9 Å². The van der Waals surface area contributed by atoms with Crippen molar-refractivity contribution in [3.8, 4) is 0 Å². The van der Waals surface area contributed by atoms with E-state index < -0.39 is 0 Å². The monoisotopic (exact) mass is 190 g/mol. The zero-order valence-corrected chi connectivity index (χ0v) is 9.34. The molecule has 0 aromatic rings. The third-order valence-electron chi connectivity index (χ3n) is 3.96. The number of allylic oxidation sites excluding steroid dienone is 4. The van der Waals surface area contributed by atoms with Gasteiger partial charge in [0.15, 0.2) is 0 Å². The first kappa shape index (κ1) is 10.0. The van der Waals surface area contributed by atoms with Crippen LogP contribution in [-0.2, 0) is 0 Å². The van der Waals surface area contributed by atoms with Gasteiger partial charge in [0.2, 0.25) is 0 Å². The fourth-order valence-corrected chi connectivity index (χ4v) is 3.07. The Labute approximate surface area is 88.1 Å². The van der Waals surface area contributed by atoms with Crippen LogP contribution in [0.2, 0.25) is 0 Å². The molecule has 0 aromatic heterocycles. The third-order valence-corrected chi connectivity index (χ3v) is 3.96. The maximum Gasteiger partial charge on any atom is -0.0172 e. The van der Waals surface area contributed by atoms with E-state index in [9.17, 15) is 0 Å². The molecule has 0 amide bonds. The first-order valence-corrected chi connectivity index (χ1v) is 6.27. The van der Waals surface area contributed by atoms with Gasteiger partial charge >= 0.3 is 0 Å². The molecule has 2 rings (SSSR count). The van der Waals surface area contributed by atoms with Crippen LogP contribution in [0.5, 0.6) is 0 Å². The van der Waals surface area contributed by atoms with E-state index in [2.05, 4.69) is 25.2 Å². The van der Waals surface area contributed by atoms with Gasteiger partial charge in [-0.05, 0) is 43.9 Å². The molecule has 2 aliphatic rings. The molecule has 2 unspecified atom stereocenters. The van der Waals surface area contributed by atoms with E-state index in [-0.39, 0.29) is 0 Å². The van der Waals surface area contributed by atoms with E-state index in [1.165, 1.54) is 44.9 Å². The summed E-state index contributed by atoms with van der Waals surface area (Å²) in [6, 6.07) is 0. The normalized spacial score (nSPS) is 38.8. The van der Waals surface area contributed by atoms with Crippen molar-refractivity contribution >= 4 is 0 Å². The highest BCUT2D eigenvalue weighted by molar-refractivity contribution is 5.20. The van der Waals surface area contributed by atoms with Crippen LogP contribution >= 0.6 is 0 Å². The smallest absolute Gasteiger partial charge is 0.0172 e. The molecule has 0 spiro atoms. The lowest BCUT2D eigenvalue weighted by Crippen LogP contribution is -2.08. The summed E-state index contributed by atoms with van der Waals surface area (Å²) >= 11 is 0. The van der Waals surface area contributed by atoms with Gasteiger partial charge in [0.05, 0.1) is 0 Å². The SMILES string of the molecule is CCC1CC/C2=C/C=C\CCCCC21. The summed E-state index contributed by atoms with van der Waals surface area (Å²) in [6.45, 7) is 2.36. The fraction of sp³-hybridized carbons (Fsp3) is 0.714. The molecule has 2 atom stereocenters. The van der Waals surface area contributed by atoms with Crippen molar-refractivity contribution in [3.05, 3.63) is 23.8 Å². The Morgan fingerprint density at radius 2 is 2.21 bits per heavy atom. The zero-order valence-electron chi connectivity index (χ0n) is 9.34. The quantitative estimate of drug-likeness (QED) is 0.572. The Bertz CT molecular complexity index is 234. The average molecular weight is 190 g/mol. The number of hydrogen-bond acceptors (Lipinski definition) is 0. The van der Waals surface area contributed by atoms with Crippen molar-refractivity contribution in [1.29, 1.82) is 0 Å². The van der Waals surface area contributed by atoms with E-state index in [1.807, 2.05) is 0 Å². The highest BCUT2D eigenvalue weighted by Gasteiger charge is 2.29. The molecule has 0 nitrogen and oxygen atoms in total. The molecule has 0 heterocycles. The van der Waals surface area contributed by atoms with Gasteiger partial charge in [0.25, 0.3) is 0 Å². The molecular formula is C14H22. The lowest BCUT2D eigenvalue weighted by Gasteiger charge is -2.18. The van der Waals surface area contributed by atoms with Gasteiger partial charge in [0, 0.05) is 0 Å². The number of fused-ring (bicyclic) bond motifs is 1. The summed E-state index contributed by atoms with van der Waals surface area (Å²) in [5, 5.41) is 0. The second-order valence-electron chi connectivity index (χ2n) is 4.77. The summed E-state index contributed by atoms with van der Waals surface area (Å²) in [5.74, 6) is 1.93. The van der Waals surface area contributed by atoms with Gasteiger partial charge in [-0.2, -0.15) is 0 Å². The summed E-state index contributed by atoms with van der Waals surface area (Å²) in [4.78, 5) is 0. The summed E-state index contributed by atoms with van der Waals surface area (Å²) in [6.07, 6.45) is 16.8. The second kappa shape index (κ2) is 4.82. The van der Waals surface area contributed by atoms with Gasteiger partial charge in [-0.25, -0.2) is 0 Å². The molecule has 0 heteroatoms. The molecule has 0 N–H and O–H groups in total. The molecule has 0 saturated heterocycles. The Morgan fingerprint density at radius 1 is 1.29 bits per heavy atom. The van der Waals surface area contributed by atoms with Crippen LogP contribution in [0.15, 0.2) is 23.8 Å². The maximum atomic E-state index is 2.41. The first-order valence-electron chi connectivity index (χ1n) is 6.27. The minimum Gasteiger partial charge on any atom is -0.0845 e. The van der Waals surface area contributed by atoms with Gasteiger partial charge in [-0.15, -0.1) is 0 Å². The van der Waals surface area contributed by atoms with Crippen LogP contribution in [0.3, 0.4) is 0 Å². The van der Waals surface area contributed by atoms with Crippen molar-refractivity contribution in [1.82, 2.24) is 0 Å². The summed E-state index contributed by atoms with van der Waals surface area (Å²) < 4.78 is 0. The van der Waals surface area contributed by atoms with E-state index >= 15 is 0 Å². The Kier molecular flexibility index (Phi) is 3.44. The topological polar surface area (TPSA) is 0 Å². The predicted molar refractivity (Wildman–Crippen MR) is 62.2 cm³/mol. The average Bonchev–Trinajstić information content (AvgIpc) is 2.61. The largest absolute Gasteiger partial charge is 0.0845 e. The van der Waals surface area contributed by atoms with Gasteiger partial charge in [-0.3, -0.25) is 0 Å². The maximum absolute atomic E-state index is 2.41. The van der Waals surface area contributed by atoms with Crippen LogP contribution in [0, 0.1) is 11.8 Å². The van der Waals surface area contributed by atoms with E-state index in [0.29, 0.717) is 0 Å². The number of rotatable bonds is 1. The third kappa shape index (κ3) is 2.10. The molecule has 1 fully saturated rings. The van der Waals surface area contributed by atoms with Gasteiger partial charge < -0.3 is 0 Å². The highest BCUT2D eigenvalue weighted by atomic mass is 14.3.